The predicted octanol–water partition coefficient (Wildman–Crippen LogP) is 5.38. The maximum atomic E-state index is 5.12. The molecular weight excluding hydrogens is 230 g/mol. The highest BCUT2D eigenvalue weighted by Gasteiger charge is 2.29. The third kappa shape index (κ3) is 2.85. The lowest BCUT2D eigenvalue weighted by Crippen LogP contribution is -2.26. The van der Waals surface area contributed by atoms with Gasteiger partial charge in [0.1, 0.15) is 0 Å². The molecule has 108 valence electrons. The molecule has 0 aliphatic heterocycles. The van der Waals surface area contributed by atoms with Crippen molar-refractivity contribution in [2.24, 2.45) is 0 Å². The Bertz CT molecular complexity index is 427. The summed E-state index contributed by atoms with van der Waals surface area (Å²) >= 11 is 0. The molecule has 0 bridgehead atoms. The molecule has 0 saturated carbocycles. The van der Waals surface area contributed by atoms with Crippen LogP contribution in [0.4, 0.5) is 0 Å². The van der Waals surface area contributed by atoms with Crippen molar-refractivity contribution in [1.29, 1.82) is 0 Å². The maximum absolute atomic E-state index is 5.12. The summed E-state index contributed by atoms with van der Waals surface area (Å²) in [5.41, 5.74) is 7.05. The van der Waals surface area contributed by atoms with E-state index < -0.39 is 0 Å². The quantitative estimate of drug-likeness (QED) is 0.709. The SMILES string of the molecule is CCC(C)(C)c1nc(C(C)(C)CC)c(C)c(C)c1C. The van der Waals surface area contributed by atoms with E-state index in [1.54, 1.807) is 0 Å². The fraction of sp³-hybridized carbons (Fsp3) is 0.722. The van der Waals surface area contributed by atoms with Crippen molar-refractivity contribution in [3.05, 3.63) is 28.1 Å². The Morgan fingerprint density at radius 1 is 0.684 bits per heavy atom. The van der Waals surface area contributed by atoms with E-state index in [0.29, 0.717) is 0 Å². The van der Waals surface area contributed by atoms with Gasteiger partial charge in [-0.2, -0.15) is 0 Å². The third-order valence-corrected chi connectivity index (χ3v) is 5.11. The van der Waals surface area contributed by atoms with Crippen LogP contribution >= 0.6 is 0 Å². The molecule has 1 heteroatoms. The van der Waals surface area contributed by atoms with Crippen molar-refractivity contribution in [2.75, 3.05) is 0 Å². The predicted molar refractivity (Wildman–Crippen MR) is 85.1 cm³/mol. The van der Waals surface area contributed by atoms with Crippen molar-refractivity contribution in [2.45, 2.75) is 86.0 Å². The fourth-order valence-electron chi connectivity index (χ4n) is 2.57. The van der Waals surface area contributed by atoms with Crippen LogP contribution < -0.4 is 0 Å². The number of hydrogen-bond acceptors (Lipinski definition) is 1. The van der Waals surface area contributed by atoms with E-state index in [4.69, 9.17) is 4.98 Å². The molecule has 0 radical (unpaired) electrons. The van der Waals surface area contributed by atoms with Gasteiger partial charge in [0.05, 0.1) is 0 Å². The molecule has 0 fully saturated rings. The molecule has 0 unspecified atom stereocenters. The van der Waals surface area contributed by atoms with Crippen molar-refractivity contribution in [1.82, 2.24) is 4.98 Å². The molecule has 0 amide bonds. The minimum atomic E-state index is 0.154. The smallest absolute Gasteiger partial charge is 0.0495 e. The molecule has 1 nitrogen and oxygen atoms in total. The van der Waals surface area contributed by atoms with Gasteiger partial charge in [0.2, 0.25) is 0 Å². The van der Waals surface area contributed by atoms with Gasteiger partial charge in [-0.3, -0.25) is 4.98 Å². The van der Waals surface area contributed by atoms with Crippen LogP contribution in [0, 0.1) is 20.8 Å². The molecule has 0 spiro atoms. The number of nitrogens with zero attached hydrogens (tertiary/aromatic N) is 1. The van der Waals surface area contributed by atoms with Gasteiger partial charge in [-0.15, -0.1) is 0 Å². The normalized spacial score (nSPS) is 12.9. The Morgan fingerprint density at radius 2 is 1.00 bits per heavy atom. The second kappa shape index (κ2) is 5.26. The van der Waals surface area contributed by atoms with Gasteiger partial charge in [-0.05, 0) is 50.3 Å². The highest BCUT2D eigenvalue weighted by molar-refractivity contribution is 5.43. The lowest BCUT2D eigenvalue weighted by molar-refractivity contribution is 0.454. The topological polar surface area (TPSA) is 12.9 Å². The summed E-state index contributed by atoms with van der Waals surface area (Å²) in [4.78, 5) is 5.12. The van der Waals surface area contributed by atoms with Crippen LogP contribution in [0.1, 0.15) is 82.5 Å². The second-order valence-corrected chi connectivity index (χ2v) is 7.16. The van der Waals surface area contributed by atoms with Crippen LogP contribution in [-0.4, -0.2) is 4.98 Å². The Balaban J connectivity index is 3.62. The van der Waals surface area contributed by atoms with Crippen LogP contribution in [-0.2, 0) is 10.8 Å². The largest absolute Gasteiger partial charge is 0.256 e. The maximum Gasteiger partial charge on any atom is 0.0495 e. The van der Waals surface area contributed by atoms with Crippen molar-refractivity contribution >= 4 is 0 Å². The molecule has 0 atom stereocenters. The van der Waals surface area contributed by atoms with Gasteiger partial charge in [0, 0.05) is 22.2 Å². The van der Waals surface area contributed by atoms with Crippen LogP contribution in [0.25, 0.3) is 0 Å². The van der Waals surface area contributed by atoms with Gasteiger partial charge in [-0.1, -0.05) is 41.5 Å². The Labute approximate surface area is 119 Å². The first kappa shape index (κ1) is 16.2. The number of hydrogen-bond donors (Lipinski definition) is 0. The Morgan fingerprint density at radius 3 is 1.26 bits per heavy atom. The summed E-state index contributed by atoms with van der Waals surface area (Å²) in [7, 11) is 0. The molecule has 0 saturated heterocycles. The van der Waals surface area contributed by atoms with E-state index in [2.05, 4.69) is 62.3 Å². The Kier molecular flexibility index (Phi) is 4.49. The van der Waals surface area contributed by atoms with E-state index in [9.17, 15) is 0 Å². The monoisotopic (exact) mass is 261 g/mol. The molecule has 1 rings (SSSR count). The third-order valence-electron chi connectivity index (χ3n) is 5.11. The van der Waals surface area contributed by atoms with E-state index in [1.807, 2.05) is 0 Å². The van der Waals surface area contributed by atoms with E-state index in [-0.39, 0.29) is 10.8 Å². The van der Waals surface area contributed by atoms with E-state index in [1.165, 1.54) is 28.1 Å². The molecule has 0 aromatic carbocycles. The molecule has 1 aromatic rings. The van der Waals surface area contributed by atoms with Gasteiger partial charge < -0.3 is 0 Å². The first-order valence-corrected chi connectivity index (χ1v) is 7.57. The van der Waals surface area contributed by atoms with Crippen LogP contribution in [0.3, 0.4) is 0 Å². The van der Waals surface area contributed by atoms with Crippen molar-refractivity contribution in [3.63, 3.8) is 0 Å². The van der Waals surface area contributed by atoms with Crippen LogP contribution in [0.15, 0.2) is 0 Å². The summed E-state index contributed by atoms with van der Waals surface area (Å²) in [6, 6.07) is 0. The standard InChI is InChI=1S/C18H31N/c1-10-17(6,7)15-13(4)12(3)14(5)16(19-15)18(8,9)11-2/h10-11H2,1-9H3. The highest BCUT2D eigenvalue weighted by atomic mass is 14.8. The molecule has 0 N–H and O–H groups in total. The minimum absolute atomic E-state index is 0.154. The highest BCUT2D eigenvalue weighted by Crippen LogP contribution is 2.36. The molecule has 0 aliphatic rings. The van der Waals surface area contributed by atoms with Gasteiger partial charge in [0.15, 0.2) is 0 Å². The average molecular weight is 261 g/mol. The number of aromatic nitrogens is 1. The van der Waals surface area contributed by atoms with E-state index in [0.717, 1.165) is 12.8 Å². The summed E-state index contributed by atoms with van der Waals surface area (Å²) in [5.74, 6) is 0. The lowest BCUT2D eigenvalue weighted by atomic mass is 9.78. The van der Waals surface area contributed by atoms with E-state index >= 15 is 0 Å². The minimum Gasteiger partial charge on any atom is -0.256 e. The molecule has 0 aliphatic carbocycles. The molecule has 1 heterocycles. The first-order valence-electron chi connectivity index (χ1n) is 7.57. The zero-order valence-corrected chi connectivity index (χ0v) is 14.4. The fourth-order valence-corrected chi connectivity index (χ4v) is 2.57. The number of pyridine rings is 1. The van der Waals surface area contributed by atoms with Crippen LogP contribution in [0.2, 0.25) is 0 Å². The van der Waals surface area contributed by atoms with Gasteiger partial charge >= 0.3 is 0 Å². The molecular formula is C18H31N. The summed E-state index contributed by atoms with van der Waals surface area (Å²) in [6.07, 6.45) is 2.24. The summed E-state index contributed by atoms with van der Waals surface area (Å²) in [6.45, 7) is 20.4. The lowest BCUT2D eigenvalue weighted by Gasteiger charge is -2.31. The number of rotatable bonds is 4. The van der Waals surface area contributed by atoms with Crippen molar-refractivity contribution in [3.8, 4) is 0 Å². The molecule has 1 aromatic heterocycles. The molecule has 19 heavy (non-hydrogen) atoms. The summed E-state index contributed by atoms with van der Waals surface area (Å²) in [5, 5.41) is 0. The van der Waals surface area contributed by atoms with Gasteiger partial charge in [0.25, 0.3) is 0 Å². The van der Waals surface area contributed by atoms with Gasteiger partial charge in [-0.25, -0.2) is 0 Å². The second-order valence-electron chi connectivity index (χ2n) is 7.16. The van der Waals surface area contributed by atoms with Crippen LogP contribution in [0.5, 0.6) is 0 Å². The average Bonchev–Trinajstić information content (AvgIpc) is 2.35. The summed E-state index contributed by atoms with van der Waals surface area (Å²) < 4.78 is 0. The van der Waals surface area contributed by atoms with Crippen molar-refractivity contribution < 1.29 is 0 Å². The zero-order chi connectivity index (χ0) is 15.0. The first-order chi connectivity index (χ1) is 8.58. The Hall–Kier alpha value is -0.850. The zero-order valence-electron chi connectivity index (χ0n) is 14.4.